The second kappa shape index (κ2) is 6.26. The predicted octanol–water partition coefficient (Wildman–Crippen LogP) is -2.52. The summed E-state index contributed by atoms with van der Waals surface area (Å²) in [4.78, 5) is 18.3. The molecule has 0 radical (unpaired) electrons. The summed E-state index contributed by atoms with van der Waals surface area (Å²) < 4.78 is 13.9. The molecular weight excluding hydrogens is 214 g/mol. The Morgan fingerprint density at radius 3 is 2.43 bits per heavy atom. The van der Waals surface area contributed by atoms with Gasteiger partial charge in [-0.25, -0.2) is 0 Å². The van der Waals surface area contributed by atoms with Crippen LogP contribution in [0, 0.1) is 12.0 Å². The summed E-state index contributed by atoms with van der Waals surface area (Å²) in [5.41, 5.74) is 0.607. The summed E-state index contributed by atoms with van der Waals surface area (Å²) >= 11 is 0. The van der Waals surface area contributed by atoms with Crippen molar-refractivity contribution in [3.8, 4) is 12.0 Å². The van der Waals surface area contributed by atoms with Gasteiger partial charge >= 0.3 is 37.4 Å². The Bertz CT molecular complexity index is 375. The van der Waals surface area contributed by atoms with Crippen molar-refractivity contribution in [2.45, 2.75) is 0 Å². The van der Waals surface area contributed by atoms with Crippen molar-refractivity contribution in [3.63, 3.8) is 0 Å². The minimum Gasteiger partial charge on any atom is -0.746 e. The zero-order valence-electron chi connectivity index (χ0n) is 7.51. The van der Waals surface area contributed by atoms with Crippen LogP contribution >= 0.6 is 7.82 Å². The molecule has 0 saturated heterocycles. The molecule has 14 heavy (non-hydrogen) atoms. The second-order valence-electron chi connectivity index (χ2n) is 2.15. The fraction of sp³-hybridized carbons (Fsp3) is 0. The standard InChI is InChI=1S/C8H7O4P.Na/c9-13(10,11)12-7-6-8-4-2-1-3-5-8;/h1-5H,(H2,9,10,11);/q;+1/p-1. The van der Waals surface area contributed by atoms with Gasteiger partial charge in [0, 0.05) is 5.56 Å². The second-order valence-corrected chi connectivity index (χ2v) is 3.27. The minimum atomic E-state index is -4.73. The topological polar surface area (TPSA) is 69.6 Å². The number of hydrogen-bond acceptors (Lipinski definition) is 3. The van der Waals surface area contributed by atoms with Crippen LogP contribution in [0.3, 0.4) is 0 Å². The maximum atomic E-state index is 10.1. The van der Waals surface area contributed by atoms with Crippen molar-refractivity contribution in [3.05, 3.63) is 35.9 Å². The summed E-state index contributed by atoms with van der Waals surface area (Å²) in [6.45, 7) is 0. The van der Waals surface area contributed by atoms with Crippen LogP contribution in [0.1, 0.15) is 5.56 Å². The van der Waals surface area contributed by atoms with E-state index in [9.17, 15) is 9.46 Å². The van der Waals surface area contributed by atoms with E-state index in [2.05, 4.69) is 10.4 Å². The van der Waals surface area contributed by atoms with Gasteiger partial charge in [-0.2, -0.15) is 0 Å². The largest absolute Gasteiger partial charge is 1.00 e. The van der Waals surface area contributed by atoms with E-state index in [1.165, 1.54) is 0 Å². The van der Waals surface area contributed by atoms with E-state index in [0.717, 1.165) is 0 Å². The number of phosphoric ester groups is 1. The maximum absolute atomic E-state index is 10.1. The third-order valence-electron chi connectivity index (χ3n) is 1.13. The van der Waals surface area contributed by atoms with Gasteiger partial charge < -0.3 is 14.3 Å². The molecule has 0 aliphatic heterocycles. The van der Waals surface area contributed by atoms with Crippen LogP contribution in [0.5, 0.6) is 0 Å². The van der Waals surface area contributed by atoms with Crippen molar-refractivity contribution in [2.75, 3.05) is 0 Å². The van der Waals surface area contributed by atoms with Crippen molar-refractivity contribution >= 4 is 7.82 Å². The van der Waals surface area contributed by atoms with Gasteiger partial charge in [-0.15, -0.1) is 0 Å². The molecule has 0 aliphatic rings. The Hall–Kier alpha value is -0.270. The number of rotatable bonds is 1. The first-order valence-corrected chi connectivity index (χ1v) is 4.86. The van der Waals surface area contributed by atoms with E-state index in [4.69, 9.17) is 4.89 Å². The molecule has 0 heterocycles. The van der Waals surface area contributed by atoms with Crippen LogP contribution in [-0.4, -0.2) is 4.89 Å². The van der Waals surface area contributed by atoms with E-state index < -0.39 is 7.82 Å². The SMILES string of the molecule is O=P([O-])(O)OC#Cc1ccccc1.[Na+]. The van der Waals surface area contributed by atoms with Crippen LogP contribution in [0.15, 0.2) is 30.3 Å². The van der Waals surface area contributed by atoms with Crippen LogP contribution < -0.4 is 34.5 Å². The fourth-order valence-electron chi connectivity index (χ4n) is 0.661. The fourth-order valence-corrected chi connectivity index (χ4v) is 0.822. The van der Waals surface area contributed by atoms with Crippen molar-refractivity contribution in [1.82, 2.24) is 0 Å². The first-order chi connectivity index (χ1) is 6.08. The Balaban J connectivity index is 0.00000169. The normalized spacial score (nSPS) is 12.7. The van der Waals surface area contributed by atoms with Gasteiger partial charge in [0.15, 0.2) is 0 Å². The number of phosphoric acid groups is 1. The molecule has 0 spiro atoms. The van der Waals surface area contributed by atoms with E-state index >= 15 is 0 Å². The Labute approximate surface area is 104 Å². The van der Waals surface area contributed by atoms with Gasteiger partial charge in [0.05, 0.1) is 0 Å². The molecule has 0 fully saturated rings. The summed E-state index contributed by atoms with van der Waals surface area (Å²) in [5, 5.41) is 0. The monoisotopic (exact) mass is 220 g/mol. The van der Waals surface area contributed by atoms with Crippen molar-refractivity contribution < 1.29 is 48.4 Å². The zero-order chi connectivity index (χ0) is 9.73. The molecule has 1 aromatic rings. The molecular formula is C8H6NaO4P. The Kier molecular flexibility index (Phi) is 6.14. The average molecular weight is 220 g/mol. The van der Waals surface area contributed by atoms with Gasteiger partial charge in [0.1, 0.15) is 6.11 Å². The molecule has 0 aromatic heterocycles. The van der Waals surface area contributed by atoms with Crippen LogP contribution in [0.2, 0.25) is 0 Å². The zero-order valence-corrected chi connectivity index (χ0v) is 10.4. The number of hydrogen-bond donors (Lipinski definition) is 1. The first kappa shape index (κ1) is 13.7. The van der Waals surface area contributed by atoms with Crippen molar-refractivity contribution in [1.29, 1.82) is 0 Å². The van der Waals surface area contributed by atoms with Gasteiger partial charge in [0.2, 0.25) is 0 Å². The van der Waals surface area contributed by atoms with Crippen molar-refractivity contribution in [2.24, 2.45) is 0 Å². The third kappa shape index (κ3) is 6.22. The molecule has 1 atom stereocenters. The molecule has 68 valence electrons. The molecule has 1 unspecified atom stereocenters. The summed E-state index contributed by atoms with van der Waals surface area (Å²) in [7, 11) is -4.73. The Morgan fingerprint density at radius 2 is 1.93 bits per heavy atom. The van der Waals surface area contributed by atoms with Gasteiger partial charge in [-0.1, -0.05) is 18.2 Å². The quantitative estimate of drug-likeness (QED) is 0.322. The molecule has 1 rings (SSSR count). The molecule has 4 nitrogen and oxygen atoms in total. The first-order valence-electron chi connectivity index (χ1n) is 3.36. The van der Waals surface area contributed by atoms with Gasteiger partial charge in [0.25, 0.3) is 0 Å². The van der Waals surface area contributed by atoms with Crippen LogP contribution in [-0.2, 0) is 9.09 Å². The minimum absolute atomic E-state index is 0. The van der Waals surface area contributed by atoms with Gasteiger partial charge in [-0.3, -0.25) is 4.57 Å². The maximum Gasteiger partial charge on any atom is 1.00 e. The van der Waals surface area contributed by atoms with E-state index in [1.54, 1.807) is 30.3 Å². The molecule has 6 heteroatoms. The van der Waals surface area contributed by atoms with Crippen LogP contribution in [0.25, 0.3) is 0 Å². The molecule has 0 bridgehead atoms. The van der Waals surface area contributed by atoms with Crippen LogP contribution in [0.4, 0.5) is 0 Å². The molecule has 0 amide bonds. The molecule has 1 aromatic carbocycles. The number of benzene rings is 1. The molecule has 0 saturated carbocycles. The summed E-state index contributed by atoms with van der Waals surface area (Å²) in [6.07, 6.45) is 1.87. The summed E-state index contributed by atoms with van der Waals surface area (Å²) in [5.74, 6) is 2.40. The predicted molar refractivity (Wildman–Crippen MR) is 44.2 cm³/mol. The van der Waals surface area contributed by atoms with Gasteiger partial charge in [-0.05, 0) is 18.1 Å². The van der Waals surface area contributed by atoms with E-state index in [0.29, 0.717) is 5.56 Å². The Morgan fingerprint density at radius 1 is 1.36 bits per heavy atom. The molecule has 1 N–H and O–H groups in total. The third-order valence-corrected chi connectivity index (χ3v) is 1.45. The van der Waals surface area contributed by atoms with E-state index in [-0.39, 0.29) is 29.6 Å². The average Bonchev–Trinajstić information content (AvgIpc) is 2.04. The van der Waals surface area contributed by atoms with E-state index in [1.807, 2.05) is 6.11 Å². The smallest absolute Gasteiger partial charge is 0.746 e. The molecule has 0 aliphatic carbocycles. The summed E-state index contributed by atoms with van der Waals surface area (Å²) in [6, 6.07) is 8.67.